The first-order valence-corrected chi connectivity index (χ1v) is 7.86. The molecular weight excluding hydrogens is 230 g/mol. The normalized spacial score (nSPS) is 13.0. The Bertz CT molecular complexity index is 509. The van der Waals surface area contributed by atoms with Crippen LogP contribution in [0.5, 0.6) is 0 Å². The molecule has 0 N–H and O–H groups in total. The van der Waals surface area contributed by atoms with E-state index in [0.717, 1.165) is 12.3 Å². The van der Waals surface area contributed by atoms with E-state index in [-0.39, 0.29) is 0 Å². The largest absolute Gasteiger partial charge is 0.347 e. The molecule has 1 aromatic carbocycles. The Balaban J connectivity index is 2.24. The van der Waals surface area contributed by atoms with E-state index in [1.807, 2.05) is 0 Å². The molecule has 1 aromatic heterocycles. The Labute approximate surface area is 117 Å². The van der Waals surface area contributed by atoms with Crippen molar-refractivity contribution >= 4 is 10.9 Å². The van der Waals surface area contributed by atoms with Gasteiger partial charge in [0.15, 0.2) is 0 Å². The Hall–Kier alpha value is -1.24. The zero-order valence-corrected chi connectivity index (χ0v) is 12.7. The van der Waals surface area contributed by atoms with E-state index < -0.39 is 0 Å². The van der Waals surface area contributed by atoms with E-state index in [0.29, 0.717) is 0 Å². The summed E-state index contributed by atoms with van der Waals surface area (Å²) in [6.07, 6.45) is 8.71. The van der Waals surface area contributed by atoms with Crippen molar-refractivity contribution in [2.75, 3.05) is 0 Å². The van der Waals surface area contributed by atoms with Crippen molar-refractivity contribution in [3.05, 3.63) is 36.0 Å². The van der Waals surface area contributed by atoms with Crippen LogP contribution in [-0.4, -0.2) is 4.57 Å². The first kappa shape index (κ1) is 14.2. The molecule has 0 aliphatic heterocycles. The molecule has 2 rings (SSSR count). The van der Waals surface area contributed by atoms with Crippen LogP contribution in [0.1, 0.15) is 52.0 Å². The van der Waals surface area contributed by atoms with Crippen LogP contribution in [0.25, 0.3) is 10.9 Å². The summed E-state index contributed by atoms with van der Waals surface area (Å²) in [6, 6.07) is 8.95. The summed E-state index contributed by atoms with van der Waals surface area (Å²) < 4.78 is 2.48. The summed E-state index contributed by atoms with van der Waals surface area (Å²) >= 11 is 0. The number of aromatic nitrogens is 1. The third-order valence-electron chi connectivity index (χ3n) is 4.25. The highest BCUT2D eigenvalue weighted by molar-refractivity contribution is 5.83. The fourth-order valence-corrected chi connectivity index (χ4v) is 2.97. The molecule has 0 amide bonds. The molecule has 1 heteroatoms. The van der Waals surface area contributed by atoms with Gasteiger partial charge in [0.2, 0.25) is 0 Å². The number of unbranched alkanes of at least 4 members (excludes halogenated alkanes) is 1. The van der Waals surface area contributed by atoms with Gasteiger partial charge < -0.3 is 4.57 Å². The van der Waals surface area contributed by atoms with Crippen molar-refractivity contribution in [3.8, 4) is 0 Å². The Morgan fingerprint density at radius 1 is 1.11 bits per heavy atom. The van der Waals surface area contributed by atoms with E-state index in [1.54, 1.807) is 0 Å². The molecule has 1 atom stereocenters. The molecular formula is C18H27N. The topological polar surface area (TPSA) is 4.93 Å². The molecule has 1 nitrogen and oxygen atoms in total. The SMILES string of the molecule is CCCCC(CC)Cn1ccc2cccc(CC)c21. The maximum Gasteiger partial charge on any atom is 0.0512 e. The summed E-state index contributed by atoms with van der Waals surface area (Å²) in [4.78, 5) is 0. The molecule has 19 heavy (non-hydrogen) atoms. The van der Waals surface area contributed by atoms with E-state index in [1.165, 1.54) is 48.7 Å². The van der Waals surface area contributed by atoms with Crippen molar-refractivity contribution in [1.82, 2.24) is 4.57 Å². The number of hydrogen-bond acceptors (Lipinski definition) is 0. The standard InChI is InChI=1S/C18H27N/c1-4-7-9-15(5-2)14-19-13-12-17-11-8-10-16(6-3)18(17)19/h8,10-13,15H,4-7,9,14H2,1-3H3. The van der Waals surface area contributed by atoms with Crippen LogP contribution < -0.4 is 0 Å². The summed E-state index contributed by atoms with van der Waals surface area (Å²) in [6.45, 7) is 8.04. The lowest BCUT2D eigenvalue weighted by Crippen LogP contribution is -2.10. The number of fused-ring (bicyclic) bond motifs is 1. The van der Waals surface area contributed by atoms with Gasteiger partial charge in [0.05, 0.1) is 5.52 Å². The lowest BCUT2D eigenvalue weighted by Gasteiger charge is -2.17. The van der Waals surface area contributed by atoms with Gasteiger partial charge in [-0.15, -0.1) is 0 Å². The molecule has 0 aliphatic rings. The molecule has 1 unspecified atom stereocenters. The van der Waals surface area contributed by atoms with Crippen molar-refractivity contribution < 1.29 is 0 Å². The van der Waals surface area contributed by atoms with E-state index in [9.17, 15) is 0 Å². The third-order valence-corrected chi connectivity index (χ3v) is 4.25. The van der Waals surface area contributed by atoms with Crippen molar-refractivity contribution in [3.63, 3.8) is 0 Å². The van der Waals surface area contributed by atoms with Gasteiger partial charge in [0.25, 0.3) is 0 Å². The molecule has 0 bridgehead atoms. The second-order valence-corrected chi connectivity index (χ2v) is 5.59. The molecule has 0 spiro atoms. The van der Waals surface area contributed by atoms with E-state index >= 15 is 0 Å². The van der Waals surface area contributed by atoms with Gasteiger partial charge >= 0.3 is 0 Å². The average molecular weight is 257 g/mol. The first-order valence-electron chi connectivity index (χ1n) is 7.86. The Morgan fingerprint density at radius 3 is 2.63 bits per heavy atom. The van der Waals surface area contributed by atoms with E-state index in [2.05, 4.69) is 55.8 Å². The van der Waals surface area contributed by atoms with E-state index in [4.69, 9.17) is 0 Å². The maximum atomic E-state index is 2.48. The molecule has 0 aliphatic carbocycles. The fraction of sp³-hybridized carbons (Fsp3) is 0.556. The van der Waals surface area contributed by atoms with Crippen LogP contribution >= 0.6 is 0 Å². The number of hydrogen-bond donors (Lipinski definition) is 0. The second-order valence-electron chi connectivity index (χ2n) is 5.59. The lowest BCUT2D eigenvalue weighted by atomic mass is 9.99. The van der Waals surface area contributed by atoms with Crippen molar-refractivity contribution in [2.24, 2.45) is 5.92 Å². The number of rotatable bonds is 7. The van der Waals surface area contributed by atoms with Crippen LogP contribution in [0, 0.1) is 5.92 Å². The average Bonchev–Trinajstić information content (AvgIpc) is 2.86. The molecule has 0 radical (unpaired) electrons. The predicted molar refractivity (Wildman–Crippen MR) is 84.6 cm³/mol. The number of aryl methyl sites for hydroxylation is 1. The minimum Gasteiger partial charge on any atom is -0.347 e. The smallest absolute Gasteiger partial charge is 0.0512 e. The number of benzene rings is 1. The number of para-hydroxylation sites is 1. The highest BCUT2D eigenvalue weighted by Crippen LogP contribution is 2.24. The van der Waals surface area contributed by atoms with Gasteiger partial charge in [-0.2, -0.15) is 0 Å². The summed E-state index contributed by atoms with van der Waals surface area (Å²) in [5, 5.41) is 1.39. The number of nitrogens with zero attached hydrogens (tertiary/aromatic N) is 1. The van der Waals surface area contributed by atoms with Crippen LogP contribution in [-0.2, 0) is 13.0 Å². The minimum absolute atomic E-state index is 0.820. The highest BCUT2D eigenvalue weighted by atomic mass is 15.0. The van der Waals surface area contributed by atoms with Gasteiger partial charge in [-0.05, 0) is 35.8 Å². The van der Waals surface area contributed by atoms with Crippen molar-refractivity contribution in [2.45, 2.75) is 59.4 Å². The quantitative estimate of drug-likeness (QED) is 0.624. The molecule has 1 heterocycles. The lowest BCUT2D eigenvalue weighted by molar-refractivity contribution is 0.396. The fourth-order valence-electron chi connectivity index (χ4n) is 2.97. The van der Waals surface area contributed by atoms with Gasteiger partial charge in [0, 0.05) is 12.7 Å². The Morgan fingerprint density at radius 2 is 1.95 bits per heavy atom. The minimum atomic E-state index is 0.820. The van der Waals surface area contributed by atoms with Crippen LogP contribution in [0.3, 0.4) is 0 Å². The Kier molecular flexibility index (Phi) is 5.07. The molecule has 0 saturated heterocycles. The zero-order valence-electron chi connectivity index (χ0n) is 12.7. The molecule has 104 valence electrons. The summed E-state index contributed by atoms with van der Waals surface area (Å²) in [5.74, 6) is 0.820. The molecule has 0 fully saturated rings. The van der Waals surface area contributed by atoms with Crippen LogP contribution in [0.2, 0.25) is 0 Å². The van der Waals surface area contributed by atoms with Crippen LogP contribution in [0.4, 0.5) is 0 Å². The first-order chi connectivity index (χ1) is 9.30. The molecule has 0 saturated carbocycles. The van der Waals surface area contributed by atoms with Gasteiger partial charge in [-0.1, -0.05) is 58.2 Å². The summed E-state index contributed by atoms with van der Waals surface area (Å²) in [7, 11) is 0. The van der Waals surface area contributed by atoms with Gasteiger partial charge in [0.1, 0.15) is 0 Å². The zero-order chi connectivity index (χ0) is 13.7. The summed E-state index contributed by atoms with van der Waals surface area (Å²) in [5.41, 5.74) is 2.94. The monoisotopic (exact) mass is 257 g/mol. The van der Waals surface area contributed by atoms with Gasteiger partial charge in [-0.3, -0.25) is 0 Å². The maximum absolute atomic E-state index is 2.48. The van der Waals surface area contributed by atoms with Crippen LogP contribution in [0.15, 0.2) is 30.5 Å². The second kappa shape index (κ2) is 6.79. The predicted octanol–water partition coefficient (Wildman–Crippen LogP) is 5.42. The van der Waals surface area contributed by atoms with Crippen molar-refractivity contribution in [1.29, 1.82) is 0 Å². The van der Waals surface area contributed by atoms with Gasteiger partial charge in [-0.25, -0.2) is 0 Å². The molecule has 2 aromatic rings. The highest BCUT2D eigenvalue weighted by Gasteiger charge is 2.10. The third kappa shape index (κ3) is 3.20.